The molecule has 0 bridgehead atoms. The van der Waals surface area contributed by atoms with E-state index in [4.69, 9.17) is 15.1 Å². The maximum Gasteiger partial charge on any atom is 0.141 e. The van der Waals surface area contributed by atoms with Crippen LogP contribution in [0.15, 0.2) is 68.2 Å². The SMILES string of the molecule is C1=C[NH2+]N=N1.C1=C[NH2+]N=N1.C1=C[NH2+]N=N1.[O-]B([O-])[O-]. The largest absolute Gasteiger partial charge is 0.907 e. The Morgan fingerprint density at radius 1 is 0.632 bits per heavy atom. The molecule has 0 amide bonds. The van der Waals surface area contributed by atoms with Crippen molar-refractivity contribution < 1.29 is 31.3 Å². The van der Waals surface area contributed by atoms with Gasteiger partial charge < -0.3 is 15.1 Å². The van der Waals surface area contributed by atoms with Gasteiger partial charge in [-0.3, -0.25) is 7.32 Å². The fourth-order valence-corrected chi connectivity index (χ4v) is 0.577. The summed E-state index contributed by atoms with van der Waals surface area (Å²) >= 11 is 0. The topological polar surface area (TPSA) is 193 Å². The lowest BCUT2D eigenvalue weighted by molar-refractivity contribution is -0.595. The molecule has 0 unspecified atom stereocenters. The summed E-state index contributed by atoms with van der Waals surface area (Å²) in [5, 5.41) is 46.1. The minimum atomic E-state index is -2.92. The first kappa shape index (κ1) is 16.8. The lowest BCUT2D eigenvalue weighted by atomic mass is 10.3. The fraction of sp³-hybridized carbons (Fsp3) is 0. The summed E-state index contributed by atoms with van der Waals surface area (Å²) in [5.74, 6) is 0. The Hall–Kier alpha value is -2.16. The fourth-order valence-electron chi connectivity index (χ4n) is 0.577. The van der Waals surface area contributed by atoms with Gasteiger partial charge in [-0.25, -0.2) is 0 Å². The van der Waals surface area contributed by atoms with E-state index in [1.807, 2.05) is 0 Å². The monoisotopic (exact) mass is 269 g/mol. The van der Waals surface area contributed by atoms with E-state index in [-0.39, 0.29) is 0 Å². The predicted octanol–water partition coefficient (Wildman–Crippen LogP) is -5.74. The van der Waals surface area contributed by atoms with E-state index >= 15 is 0 Å². The highest BCUT2D eigenvalue weighted by Crippen LogP contribution is 1.70. The van der Waals surface area contributed by atoms with Crippen molar-refractivity contribution in [2.24, 2.45) is 31.0 Å². The van der Waals surface area contributed by atoms with Crippen LogP contribution < -0.4 is 31.3 Å². The highest BCUT2D eigenvalue weighted by molar-refractivity contribution is 6.24. The molecule has 0 spiro atoms. The quantitative estimate of drug-likeness (QED) is 0.291. The third kappa shape index (κ3) is 18.4. The lowest BCUT2D eigenvalue weighted by Gasteiger charge is -2.35. The Labute approximate surface area is 108 Å². The molecule has 12 nitrogen and oxygen atoms in total. The van der Waals surface area contributed by atoms with Crippen LogP contribution in [0.2, 0.25) is 0 Å². The summed E-state index contributed by atoms with van der Waals surface area (Å²) in [6.07, 6.45) is 10.2. The molecule has 19 heavy (non-hydrogen) atoms. The Morgan fingerprint density at radius 3 is 0.947 bits per heavy atom. The van der Waals surface area contributed by atoms with Gasteiger partial charge in [0, 0.05) is 15.7 Å². The van der Waals surface area contributed by atoms with Gasteiger partial charge in [-0.15, -0.1) is 15.3 Å². The third-order valence-corrected chi connectivity index (χ3v) is 1.12. The Balaban J connectivity index is 0.000000229. The van der Waals surface area contributed by atoms with Gasteiger partial charge in [0.15, 0.2) is 0 Å². The van der Waals surface area contributed by atoms with Crippen LogP contribution in [0.25, 0.3) is 0 Å². The van der Waals surface area contributed by atoms with Crippen LogP contribution in [0, 0.1) is 0 Å². The Kier molecular flexibility index (Phi) is 12.3. The summed E-state index contributed by atoms with van der Waals surface area (Å²) in [5.41, 5.74) is 4.92. The summed E-state index contributed by atoms with van der Waals surface area (Å²) in [4.78, 5) is 0. The molecule has 0 aromatic rings. The standard InChI is InChI=1S/3C2H3N3.BO3/c3*1-2-4-5-3-1;2-1(3)4/h3*1-2H,(H,3,4,5);/q;;;-3/p+3. The first-order valence-corrected chi connectivity index (χ1v) is 4.86. The molecule has 0 saturated carbocycles. The van der Waals surface area contributed by atoms with E-state index in [1.165, 1.54) is 0 Å². The average Bonchev–Trinajstić information content (AvgIpc) is 3.18. The molecular formula is C6H12BN9O3. The number of rotatable bonds is 0. The highest BCUT2D eigenvalue weighted by atomic mass is 16.5. The van der Waals surface area contributed by atoms with Crippen molar-refractivity contribution in [3.8, 4) is 0 Å². The smallest absolute Gasteiger partial charge is 0.141 e. The van der Waals surface area contributed by atoms with Crippen molar-refractivity contribution in [3.05, 3.63) is 37.2 Å². The summed E-state index contributed by atoms with van der Waals surface area (Å²) in [7, 11) is -2.92. The number of nitrogens with two attached hydrogens (primary N) is 3. The first-order valence-electron chi connectivity index (χ1n) is 4.86. The summed E-state index contributed by atoms with van der Waals surface area (Å²) in [6.45, 7) is 0. The maximum atomic E-state index is 8.42. The molecule has 0 fully saturated rings. The van der Waals surface area contributed by atoms with Crippen molar-refractivity contribution in [3.63, 3.8) is 0 Å². The molecule has 0 aromatic heterocycles. The molecule has 0 aromatic carbocycles. The van der Waals surface area contributed by atoms with Crippen LogP contribution in [-0.2, 0) is 0 Å². The summed E-state index contributed by atoms with van der Waals surface area (Å²) in [6, 6.07) is 0. The third-order valence-electron chi connectivity index (χ3n) is 1.12. The Morgan fingerprint density at radius 2 is 0.895 bits per heavy atom. The second kappa shape index (κ2) is 13.9. The predicted molar refractivity (Wildman–Crippen MR) is 53.5 cm³/mol. The van der Waals surface area contributed by atoms with Gasteiger partial charge in [-0.2, -0.15) is 16.3 Å². The zero-order chi connectivity index (χ0) is 14.2. The maximum absolute atomic E-state index is 8.42. The van der Waals surface area contributed by atoms with Crippen molar-refractivity contribution in [1.82, 2.24) is 0 Å². The second-order valence-electron chi connectivity index (χ2n) is 2.45. The zero-order valence-corrected chi connectivity index (χ0v) is 9.68. The van der Waals surface area contributed by atoms with Gasteiger partial charge in [0.1, 0.15) is 37.2 Å². The van der Waals surface area contributed by atoms with Crippen molar-refractivity contribution >= 4 is 7.32 Å². The number of nitrogens with zero attached hydrogens (tertiary/aromatic N) is 6. The van der Waals surface area contributed by atoms with Gasteiger partial charge >= 0.3 is 0 Å². The first-order chi connectivity index (χ1) is 9.23. The molecule has 102 valence electrons. The number of hydrogen-bond acceptors (Lipinski definition) is 9. The molecule has 3 aliphatic heterocycles. The minimum Gasteiger partial charge on any atom is -0.907 e. The van der Waals surface area contributed by atoms with E-state index in [2.05, 4.69) is 31.0 Å². The second-order valence-corrected chi connectivity index (χ2v) is 2.45. The minimum absolute atomic E-state index is 1.64. The molecule has 3 rings (SSSR count). The van der Waals surface area contributed by atoms with E-state index in [0.29, 0.717) is 0 Å². The van der Waals surface area contributed by atoms with Gasteiger partial charge in [0.05, 0.1) is 0 Å². The number of hydrogen-bond donors (Lipinski definition) is 3. The van der Waals surface area contributed by atoms with E-state index in [0.717, 1.165) is 0 Å². The normalized spacial score (nSPS) is 15.3. The van der Waals surface area contributed by atoms with Gasteiger partial charge in [0.2, 0.25) is 0 Å². The molecular weight excluding hydrogens is 257 g/mol. The van der Waals surface area contributed by atoms with Gasteiger partial charge in [0.25, 0.3) is 0 Å². The average molecular weight is 269 g/mol. The summed E-state index contributed by atoms with van der Waals surface area (Å²) < 4.78 is 0. The molecule has 3 aliphatic rings. The molecule has 13 heteroatoms. The number of quaternary nitrogens is 3. The van der Waals surface area contributed by atoms with Crippen LogP contribution in [-0.4, -0.2) is 7.32 Å². The van der Waals surface area contributed by atoms with Crippen LogP contribution >= 0.6 is 0 Å². The van der Waals surface area contributed by atoms with E-state index in [1.54, 1.807) is 53.5 Å². The van der Waals surface area contributed by atoms with Crippen molar-refractivity contribution in [2.45, 2.75) is 0 Å². The highest BCUT2D eigenvalue weighted by Gasteiger charge is 1.78. The van der Waals surface area contributed by atoms with Crippen molar-refractivity contribution in [2.75, 3.05) is 0 Å². The van der Waals surface area contributed by atoms with Crippen LogP contribution in [0.5, 0.6) is 0 Å². The lowest BCUT2D eigenvalue weighted by Crippen LogP contribution is -2.68. The van der Waals surface area contributed by atoms with Crippen LogP contribution in [0.3, 0.4) is 0 Å². The van der Waals surface area contributed by atoms with Gasteiger partial charge in [-0.05, 0) is 0 Å². The zero-order valence-electron chi connectivity index (χ0n) is 9.68. The van der Waals surface area contributed by atoms with E-state index < -0.39 is 7.32 Å². The van der Waals surface area contributed by atoms with Crippen LogP contribution in [0.4, 0.5) is 0 Å². The van der Waals surface area contributed by atoms with Crippen LogP contribution in [0.1, 0.15) is 0 Å². The van der Waals surface area contributed by atoms with Crippen molar-refractivity contribution in [1.29, 1.82) is 0 Å². The molecule has 6 N–H and O–H groups in total. The van der Waals surface area contributed by atoms with E-state index in [9.17, 15) is 0 Å². The van der Waals surface area contributed by atoms with Gasteiger partial charge in [-0.1, -0.05) is 0 Å². The Bertz CT molecular complexity index is 293. The molecule has 0 radical (unpaired) electrons. The molecule has 3 heterocycles. The molecule has 0 atom stereocenters. The molecule has 0 saturated heterocycles. The molecule has 0 aliphatic carbocycles.